The monoisotopic (exact) mass is 361 g/mol. The summed E-state index contributed by atoms with van der Waals surface area (Å²) in [5, 5.41) is 7.75. The Bertz CT molecular complexity index is 1170. The molecule has 0 bridgehead atoms. The van der Waals surface area contributed by atoms with Crippen molar-refractivity contribution in [3.05, 3.63) is 48.1 Å². The Kier molecular flexibility index (Phi) is 3.50. The van der Waals surface area contributed by atoms with Crippen molar-refractivity contribution < 1.29 is 9.21 Å². The maximum Gasteiger partial charge on any atom is 0.271 e. The molecule has 1 saturated carbocycles. The van der Waals surface area contributed by atoms with Crippen molar-refractivity contribution in [1.29, 1.82) is 0 Å². The van der Waals surface area contributed by atoms with Gasteiger partial charge in [0.2, 0.25) is 0 Å². The van der Waals surface area contributed by atoms with Gasteiger partial charge in [0, 0.05) is 11.6 Å². The molecule has 7 nitrogen and oxygen atoms in total. The minimum absolute atomic E-state index is 0.141. The Morgan fingerprint density at radius 3 is 2.96 bits per heavy atom. The third-order valence-electron chi connectivity index (χ3n) is 5.20. The second-order valence-corrected chi connectivity index (χ2v) is 7.23. The second kappa shape index (κ2) is 5.90. The number of nitrogens with one attached hydrogen (secondary N) is 1. The third kappa shape index (κ3) is 2.75. The molecule has 5 rings (SSSR count). The van der Waals surface area contributed by atoms with Crippen LogP contribution in [0.3, 0.4) is 0 Å². The molecule has 0 aliphatic heterocycles. The summed E-state index contributed by atoms with van der Waals surface area (Å²) in [6, 6.07) is 7.88. The predicted molar refractivity (Wildman–Crippen MR) is 100 cm³/mol. The molecule has 1 N–H and O–H groups in total. The van der Waals surface area contributed by atoms with Crippen LogP contribution < -0.4 is 5.32 Å². The first kappa shape index (κ1) is 16.0. The highest BCUT2D eigenvalue weighted by molar-refractivity contribution is 5.93. The first-order valence-corrected chi connectivity index (χ1v) is 9.10. The number of aromatic nitrogens is 4. The summed E-state index contributed by atoms with van der Waals surface area (Å²) >= 11 is 0. The van der Waals surface area contributed by atoms with E-state index in [-0.39, 0.29) is 11.9 Å². The molecule has 0 saturated heterocycles. The molecule has 1 fully saturated rings. The van der Waals surface area contributed by atoms with Crippen LogP contribution in [0.2, 0.25) is 0 Å². The maximum atomic E-state index is 12.7. The van der Waals surface area contributed by atoms with E-state index >= 15 is 0 Å². The lowest BCUT2D eigenvalue weighted by Crippen LogP contribution is -2.34. The smallest absolute Gasteiger partial charge is 0.271 e. The average Bonchev–Trinajstić information content (AvgIpc) is 3.25. The Hall–Kier alpha value is -3.22. The summed E-state index contributed by atoms with van der Waals surface area (Å²) in [4.78, 5) is 21.3. The molecule has 3 aromatic heterocycles. The van der Waals surface area contributed by atoms with E-state index in [1.807, 2.05) is 31.2 Å². The topological polar surface area (TPSA) is 85.3 Å². The van der Waals surface area contributed by atoms with Gasteiger partial charge in [0.05, 0.1) is 11.9 Å². The summed E-state index contributed by atoms with van der Waals surface area (Å²) in [6.07, 6.45) is 5.38. The fourth-order valence-electron chi connectivity index (χ4n) is 3.43. The van der Waals surface area contributed by atoms with Crippen LogP contribution >= 0.6 is 0 Å². The van der Waals surface area contributed by atoms with Gasteiger partial charge in [-0.25, -0.2) is 14.5 Å². The molecule has 27 heavy (non-hydrogen) atoms. The molecule has 4 aromatic rings. The normalized spacial score (nSPS) is 15.3. The number of rotatable bonds is 4. The van der Waals surface area contributed by atoms with Crippen molar-refractivity contribution in [3.8, 4) is 11.3 Å². The molecule has 1 aromatic carbocycles. The van der Waals surface area contributed by atoms with E-state index in [0.717, 1.165) is 27.9 Å². The summed E-state index contributed by atoms with van der Waals surface area (Å²) in [6.45, 7) is 4.02. The number of hydrogen-bond acceptors (Lipinski definition) is 5. The van der Waals surface area contributed by atoms with Crippen LogP contribution in [-0.4, -0.2) is 31.5 Å². The molecule has 7 heteroatoms. The van der Waals surface area contributed by atoms with Crippen LogP contribution in [0.5, 0.6) is 0 Å². The number of benzene rings is 1. The Morgan fingerprint density at radius 2 is 2.15 bits per heavy atom. The number of amides is 1. The van der Waals surface area contributed by atoms with Gasteiger partial charge >= 0.3 is 0 Å². The van der Waals surface area contributed by atoms with Crippen LogP contribution in [-0.2, 0) is 0 Å². The van der Waals surface area contributed by atoms with Crippen molar-refractivity contribution in [2.75, 3.05) is 0 Å². The van der Waals surface area contributed by atoms with Gasteiger partial charge in [-0.15, -0.1) is 0 Å². The number of aryl methyl sites for hydroxylation is 1. The van der Waals surface area contributed by atoms with Crippen LogP contribution in [0.25, 0.3) is 28.0 Å². The number of fused-ring (bicyclic) bond motifs is 2. The van der Waals surface area contributed by atoms with Gasteiger partial charge in [0.1, 0.15) is 5.52 Å². The Balaban J connectivity index is 1.57. The first-order valence-electron chi connectivity index (χ1n) is 9.10. The Morgan fingerprint density at radius 1 is 1.30 bits per heavy atom. The molecule has 0 radical (unpaired) electrons. The van der Waals surface area contributed by atoms with E-state index in [1.165, 1.54) is 19.2 Å². The molecule has 1 aliphatic rings. The van der Waals surface area contributed by atoms with Gasteiger partial charge in [0.15, 0.2) is 23.3 Å². The maximum absolute atomic E-state index is 12.7. The summed E-state index contributed by atoms with van der Waals surface area (Å²) in [5.41, 5.74) is 5.26. The fourth-order valence-corrected chi connectivity index (χ4v) is 3.43. The standard InChI is InChI=1S/C20H19N5O2/c1-11-7-15(14-5-6-18-16(8-14)22-10-27-18)24-25-17(9-21-19(11)25)20(26)23-12(2)13-3-4-13/h5-10,12-13H,3-4H2,1-2H3,(H,23,26). The summed E-state index contributed by atoms with van der Waals surface area (Å²) < 4.78 is 6.93. The zero-order valence-corrected chi connectivity index (χ0v) is 15.1. The largest absolute Gasteiger partial charge is 0.443 e. The van der Waals surface area contributed by atoms with Crippen LogP contribution in [0.4, 0.5) is 0 Å². The van der Waals surface area contributed by atoms with E-state index in [1.54, 1.807) is 10.7 Å². The van der Waals surface area contributed by atoms with Gasteiger partial charge in [0.25, 0.3) is 5.91 Å². The van der Waals surface area contributed by atoms with Crippen molar-refractivity contribution in [3.63, 3.8) is 0 Å². The lowest BCUT2D eigenvalue weighted by atomic mass is 10.1. The number of nitrogens with zero attached hydrogens (tertiary/aromatic N) is 4. The number of hydrogen-bond donors (Lipinski definition) is 1. The van der Waals surface area contributed by atoms with Crippen molar-refractivity contribution >= 4 is 22.7 Å². The molecule has 1 atom stereocenters. The molecule has 0 spiro atoms. The van der Waals surface area contributed by atoms with Crippen LogP contribution in [0.1, 0.15) is 35.8 Å². The lowest BCUT2D eigenvalue weighted by molar-refractivity contribution is 0.0928. The second-order valence-electron chi connectivity index (χ2n) is 7.23. The Labute approximate surface area is 155 Å². The van der Waals surface area contributed by atoms with Gasteiger partial charge < -0.3 is 9.73 Å². The van der Waals surface area contributed by atoms with Crippen molar-refractivity contribution in [2.45, 2.75) is 32.7 Å². The quantitative estimate of drug-likeness (QED) is 0.602. The van der Waals surface area contributed by atoms with E-state index in [4.69, 9.17) is 4.42 Å². The summed E-state index contributed by atoms with van der Waals surface area (Å²) in [5.74, 6) is 0.450. The van der Waals surface area contributed by atoms with E-state index in [2.05, 4.69) is 27.3 Å². The molecule has 1 amide bonds. The highest BCUT2D eigenvalue weighted by atomic mass is 16.3. The minimum Gasteiger partial charge on any atom is -0.443 e. The van der Waals surface area contributed by atoms with E-state index < -0.39 is 0 Å². The van der Waals surface area contributed by atoms with Crippen molar-refractivity contribution in [1.82, 2.24) is 24.9 Å². The number of imidazole rings is 1. The lowest BCUT2D eigenvalue weighted by Gasteiger charge is -2.12. The van der Waals surface area contributed by atoms with Gasteiger partial charge in [-0.1, -0.05) is 0 Å². The van der Waals surface area contributed by atoms with Gasteiger partial charge in [-0.05, 0) is 62.4 Å². The zero-order valence-electron chi connectivity index (χ0n) is 15.1. The van der Waals surface area contributed by atoms with E-state index in [0.29, 0.717) is 17.3 Å². The van der Waals surface area contributed by atoms with Gasteiger partial charge in [-0.2, -0.15) is 5.10 Å². The molecule has 1 unspecified atom stereocenters. The SMILES string of the molecule is Cc1cc(-c2ccc3ocnc3c2)nn2c(C(=O)NC(C)C3CC3)cnc12. The zero-order chi connectivity index (χ0) is 18.5. The highest BCUT2D eigenvalue weighted by Crippen LogP contribution is 2.32. The highest BCUT2D eigenvalue weighted by Gasteiger charge is 2.29. The molecule has 136 valence electrons. The molecule has 3 heterocycles. The van der Waals surface area contributed by atoms with E-state index in [9.17, 15) is 4.79 Å². The molecule has 1 aliphatic carbocycles. The minimum atomic E-state index is -0.141. The summed E-state index contributed by atoms with van der Waals surface area (Å²) in [7, 11) is 0. The third-order valence-corrected chi connectivity index (χ3v) is 5.20. The first-order chi connectivity index (χ1) is 13.1. The molecular weight excluding hydrogens is 342 g/mol. The average molecular weight is 361 g/mol. The molecular formula is C20H19N5O2. The van der Waals surface area contributed by atoms with Crippen LogP contribution in [0.15, 0.2) is 41.3 Å². The fraction of sp³-hybridized carbons (Fsp3) is 0.300. The van der Waals surface area contributed by atoms with Crippen LogP contribution in [0, 0.1) is 12.8 Å². The number of carbonyl (C=O) groups is 1. The number of carbonyl (C=O) groups excluding carboxylic acids is 1. The van der Waals surface area contributed by atoms with Crippen molar-refractivity contribution in [2.24, 2.45) is 5.92 Å². The van der Waals surface area contributed by atoms with Gasteiger partial charge in [-0.3, -0.25) is 4.79 Å². The predicted octanol–water partition coefficient (Wildman–Crippen LogP) is 3.37. The number of oxazole rings is 1.